The van der Waals surface area contributed by atoms with Crippen LogP contribution in [-0.2, 0) is 10.0 Å². The molecule has 0 saturated heterocycles. The van der Waals surface area contributed by atoms with E-state index in [2.05, 4.69) is 0 Å². The van der Waals surface area contributed by atoms with Gasteiger partial charge in [0.1, 0.15) is 10.0 Å². The van der Waals surface area contributed by atoms with Crippen molar-refractivity contribution in [3.63, 3.8) is 0 Å². The van der Waals surface area contributed by atoms with Crippen molar-refractivity contribution in [3.8, 4) is 0 Å². The van der Waals surface area contributed by atoms with E-state index < -0.39 is 10.0 Å². The molecule has 3 unspecified atom stereocenters. The van der Waals surface area contributed by atoms with Crippen molar-refractivity contribution < 1.29 is 4.21 Å². The second-order valence-corrected chi connectivity index (χ2v) is 5.16. The molecule has 1 aliphatic carbocycles. The van der Waals surface area contributed by atoms with Gasteiger partial charge in [0.25, 0.3) is 0 Å². The first-order chi connectivity index (χ1) is 4.72. The van der Waals surface area contributed by atoms with E-state index in [-0.39, 0.29) is 10.6 Å². The number of hydrogen-bond donors (Lipinski definition) is 0. The van der Waals surface area contributed by atoms with Crippen LogP contribution in [0.2, 0.25) is 0 Å². The zero-order valence-electron chi connectivity index (χ0n) is 5.56. The minimum atomic E-state index is -1.24. The molecule has 10 heavy (non-hydrogen) atoms. The maximum Gasteiger partial charge on any atom is 0.119 e. The van der Waals surface area contributed by atoms with E-state index in [0.717, 1.165) is 25.7 Å². The predicted octanol–water partition coefficient (Wildman–Crippen LogP) is 2.44. The molecule has 0 aromatic heterocycles. The lowest BCUT2D eigenvalue weighted by atomic mass is 10.00. The van der Waals surface area contributed by atoms with Gasteiger partial charge >= 0.3 is 0 Å². The SMILES string of the molecule is O=S(Cl)C1CCCCC1Cl. The average molecular weight is 201 g/mol. The quantitative estimate of drug-likeness (QED) is 0.470. The molecule has 1 aliphatic rings. The second-order valence-electron chi connectivity index (χ2n) is 2.59. The molecule has 0 aliphatic heterocycles. The lowest BCUT2D eigenvalue weighted by Crippen LogP contribution is -2.27. The molecule has 0 radical (unpaired) electrons. The van der Waals surface area contributed by atoms with Crippen LogP contribution in [0.5, 0.6) is 0 Å². The summed E-state index contributed by atoms with van der Waals surface area (Å²) < 4.78 is 10.8. The summed E-state index contributed by atoms with van der Waals surface area (Å²) in [4.78, 5) is 0. The molecule has 3 atom stereocenters. The zero-order chi connectivity index (χ0) is 7.56. The molecule has 0 bridgehead atoms. The van der Waals surface area contributed by atoms with E-state index in [4.69, 9.17) is 22.3 Å². The van der Waals surface area contributed by atoms with E-state index in [1.807, 2.05) is 0 Å². The molecule has 0 aromatic rings. The van der Waals surface area contributed by atoms with E-state index in [9.17, 15) is 4.21 Å². The van der Waals surface area contributed by atoms with Gasteiger partial charge in [-0.05, 0) is 23.5 Å². The Morgan fingerprint density at radius 1 is 1.30 bits per heavy atom. The Morgan fingerprint density at radius 2 is 1.90 bits per heavy atom. The normalized spacial score (nSPS) is 37.4. The third-order valence-electron chi connectivity index (χ3n) is 1.86. The van der Waals surface area contributed by atoms with E-state index in [1.54, 1.807) is 0 Å². The largest absolute Gasteiger partial charge is 0.242 e. The van der Waals surface area contributed by atoms with Crippen LogP contribution in [-0.4, -0.2) is 14.8 Å². The van der Waals surface area contributed by atoms with E-state index >= 15 is 0 Å². The van der Waals surface area contributed by atoms with Crippen molar-refractivity contribution >= 4 is 32.3 Å². The molecule has 1 nitrogen and oxygen atoms in total. The first-order valence-corrected chi connectivity index (χ1v) is 5.90. The maximum atomic E-state index is 10.8. The average Bonchev–Trinajstić information content (AvgIpc) is 1.88. The molecule has 4 heteroatoms. The maximum absolute atomic E-state index is 10.8. The highest BCUT2D eigenvalue weighted by Gasteiger charge is 2.27. The van der Waals surface area contributed by atoms with Gasteiger partial charge in [0.15, 0.2) is 0 Å². The molecular formula is C6H10Cl2OS. The van der Waals surface area contributed by atoms with Gasteiger partial charge in [-0.15, -0.1) is 11.6 Å². The number of rotatable bonds is 1. The summed E-state index contributed by atoms with van der Waals surface area (Å²) in [6.45, 7) is 0. The van der Waals surface area contributed by atoms with Gasteiger partial charge in [0.05, 0.1) is 5.25 Å². The Morgan fingerprint density at radius 3 is 2.30 bits per heavy atom. The lowest BCUT2D eigenvalue weighted by molar-refractivity contribution is 0.514. The predicted molar refractivity (Wildman–Crippen MR) is 45.9 cm³/mol. The minimum absolute atomic E-state index is 0.0251. The molecule has 1 saturated carbocycles. The second kappa shape index (κ2) is 3.93. The molecule has 60 valence electrons. The van der Waals surface area contributed by atoms with Gasteiger partial charge in [-0.3, -0.25) is 0 Å². The van der Waals surface area contributed by atoms with Crippen LogP contribution < -0.4 is 0 Å². The summed E-state index contributed by atoms with van der Waals surface area (Å²) in [7, 11) is 4.20. The van der Waals surface area contributed by atoms with Crippen molar-refractivity contribution in [2.45, 2.75) is 36.3 Å². The van der Waals surface area contributed by atoms with E-state index in [1.165, 1.54) is 0 Å². The minimum Gasteiger partial charge on any atom is -0.242 e. The van der Waals surface area contributed by atoms with Crippen LogP contribution in [0, 0.1) is 0 Å². The lowest BCUT2D eigenvalue weighted by Gasteiger charge is -2.23. The molecule has 0 N–H and O–H groups in total. The third kappa shape index (κ3) is 2.11. The highest BCUT2D eigenvalue weighted by Crippen LogP contribution is 2.27. The Bertz CT molecular complexity index is 140. The number of alkyl halides is 1. The zero-order valence-corrected chi connectivity index (χ0v) is 7.88. The molecule has 0 amide bonds. The van der Waals surface area contributed by atoms with Gasteiger partial charge < -0.3 is 0 Å². The molecule has 1 rings (SSSR count). The summed E-state index contributed by atoms with van der Waals surface area (Å²) in [5, 5.41) is 0.0594. The first kappa shape index (κ1) is 8.82. The summed E-state index contributed by atoms with van der Waals surface area (Å²) in [5.41, 5.74) is 0. The highest BCUT2D eigenvalue weighted by molar-refractivity contribution is 8.08. The topological polar surface area (TPSA) is 17.1 Å². The van der Waals surface area contributed by atoms with Gasteiger partial charge in [-0.1, -0.05) is 12.8 Å². The van der Waals surface area contributed by atoms with Gasteiger partial charge in [0, 0.05) is 5.38 Å². The van der Waals surface area contributed by atoms with Crippen molar-refractivity contribution in [1.82, 2.24) is 0 Å². The highest BCUT2D eigenvalue weighted by atomic mass is 35.7. The summed E-state index contributed by atoms with van der Waals surface area (Å²) in [6, 6.07) is 0. The number of halogens is 2. The van der Waals surface area contributed by atoms with Crippen molar-refractivity contribution in [2.75, 3.05) is 0 Å². The van der Waals surface area contributed by atoms with Gasteiger partial charge in [-0.25, -0.2) is 4.21 Å². The Labute approximate surface area is 73.0 Å². The Hall–Kier alpha value is 0.730. The molecule has 1 fully saturated rings. The monoisotopic (exact) mass is 200 g/mol. The van der Waals surface area contributed by atoms with Crippen LogP contribution in [0.25, 0.3) is 0 Å². The van der Waals surface area contributed by atoms with Crippen LogP contribution in [0.15, 0.2) is 0 Å². The van der Waals surface area contributed by atoms with Crippen LogP contribution in [0.1, 0.15) is 25.7 Å². The standard InChI is InChI=1S/C6H10Cl2OS/c7-5-3-1-2-4-6(5)10(8)9/h5-6H,1-4H2. The van der Waals surface area contributed by atoms with Crippen LogP contribution in [0.4, 0.5) is 0 Å². The summed E-state index contributed by atoms with van der Waals surface area (Å²) in [5.74, 6) is 0. The molecule has 0 spiro atoms. The molecule has 0 aromatic carbocycles. The smallest absolute Gasteiger partial charge is 0.119 e. The fourth-order valence-corrected chi connectivity index (χ4v) is 3.34. The Balaban J connectivity index is 2.47. The van der Waals surface area contributed by atoms with Gasteiger partial charge in [0.2, 0.25) is 0 Å². The van der Waals surface area contributed by atoms with E-state index in [0.29, 0.717) is 0 Å². The van der Waals surface area contributed by atoms with Gasteiger partial charge in [-0.2, -0.15) is 0 Å². The number of hydrogen-bond acceptors (Lipinski definition) is 1. The Kier molecular flexibility index (Phi) is 3.47. The fraction of sp³-hybridized carbons (Fsp3) is 1.00. The van der Waals surface area contributed by atoms with Crippen LogP contribution in [0.3, 0.4) is 0 Å². The van der Waals surface area contributed by atoms with Crippen molar-refractivity contribution in [3.05, 3.63) is 0 Å². The summed E-state index contributed by atoms with van der Waals surface area (Å²) >= 11 is 5.90. The first-order valence-electron chi connectivity index (χ1n) is 3.42. The van der Waals surface area contributed by atoms with Crippen LogP contribution >= 0.6 is 22.3 Å². The summed E-state index contributed by atoms with van der Waals surface area (Å²) in [6.07, 6.45) is 4.15. The fourth-order valence-electron chi connectivity index (χ4n) is 1.26. The third-order valence-corrected chi connectivity index (χ3v) is 4.26. The van der Waals surface area contributed by atoms with Crippen molar-refractivity contribution in [2.24, 2.45) is 0 Å². The molecule has 0 heterocycles. The van der Waals surface area contributed by atoms with Crippen molar-refractivity contribution in [1.29, 1.82) is 0 Å². The molecular weight excluding hydrogens is 191 g/mol.